The van der Waals surface area contributed by atoms with E-state index in [1.807, 2.05) is 13.8 Å². The molecule has 12 nitrogen and oxygen atoms in total. The highest BCUT2D eigenvalue weighted by Gasteiger charge is 2.31. The minimum Gasteiger partial charge on any atom is -0.480 e. The number of carbonyl (C=O) groups excluding carboxylic acids is 4. The van der Waals surface area contributed by atoms with Gasteiger partial charge in [0.05, 0.1) is 12.5 Å². The summed E-state index contributed by atoms with van der Waals surface area (Å²) in [6.45, 7) is 4.16. The molecule has 0 saturated heterocycles. The van der Waals surface area contributed by atoms with Gasteiger partial charge in [0.15, 0.2) is 0 Å². The van der Waals surface area contributed by atoms with Crippen LogP contribution in [0.4, 0.5) is 0 Å². The normalized spacial score (nSPS) is 14.2. The fourth-order valence-electron chi connectivity index (χ4n) is 3.66. The Hall–Kier alpha value is -3.51. The molecule has 4 amide bonds. The number of unbranched alkanes of at least 4 members (excludes halogenated alkanes) is 1. The third kappa shape index (κ3) is 12.3. The van der Waals surface area contributed by atoms with Gasteiger partial charge in [-0.1, -0.05) is 44.2 Å². The SMILES string of the molecule is CC(C)CC(N)C(=O)NC(CC(N)=O)C(=O)NC(Cc1ccccc1)C(=O)NC(CCCCN)C(=O)O. The average Bonchev–Trinajstić information content (AvgIpc) is 2.82. The summed E-state index contributed by atoms with van der Waals surface area (Å²) in [7, 11) is 0. The molecule has 4 atom stereocenters. The summed E-state index contributed by atoms with van der Waals surface area (Å²) >= 11 is 0. The predicted molar refractivity (Wildman–Crippen MR) is 138 cm³/mol. The van der Waals surface area contributed by atoms with Crippen molar-refractivity contribution < 1.29 is 29.1 Å². The molecule has 12 heteroatoms. The van der Waals surface area contributed by atoms with Gasteiger partial charge >= 0.3 is 5.97 Å². The number of carbonyl (C=O) groups is 5. The van der Waals surface area contributed by atoms with E-state index in [1.54, 1.807) is 30.3 Å². The Labute approximate surface area is 217 Å². The number of aliphatic carboxylic acids is 1. The second-order valence-electron chi connectivity index (χ2n) is 9.40. The second kappa shape index (κ2) is 16.3. The van der Waals surface area contributed by atoms with Crippen LogP contribution < -0.4 is 33.2 Å². The molecular weight excluding hydrogens is 480 g/mol. The highest BCUT2D eigenvalue weighted by Crippen LogP contribution is 2.08. The van der Waals surface area contributed by atoms with Crippen LogP contribution in [-0.2, 0) is 30.4 Å². The van der Waals surface area contributed by atoms with Crippen molar-refractivity contribution in [3.8, 4) is 0 Å². The third-order valence-corrected chi connectivity index (χ3v) is 5.58. The quantitative estimate of drug-likeness (QED) is 0.128. The van der Waals surface area contributed by atoms with Gasteiger partial charge in [0.2, 0.25) is 23.6 Å². The van der Waals surface area contributed by atoms with Crippen molar-refractivity contribution in [3.63, 3.8) is 0 Å². The van der Waals surface area contributed by atoms with E-state index in [0.717, 1.165) is 0 Å². The van der Waals surface area contributed by atoms with E-state index in [2.05, 4.69) is 16.0 Å². The first-order chi connectivity index (χ1) is 17.4. The number of carboxylic acid groups (broad SMARTS) is 1. The van der Waals surface area contributed by atoms with Crippen LogP contribution in [0.5, 0.6) is 0 Å². The second-order valence-corrected chi connectivity index (χ2v) is 9.40. The van der Waals surface area contributed by atoms with Gasteiger partial charge in [-0.2, -0.15) is 0 Å². The monoisotopic (exact) mass is 520 g/mol. The molecule has 0 fully saturated rings. The van der Waals surface area contributed by atoms with Gasteiger partial charge in [-0.15, -0.1) is 0 Å². The zero-order valence-corrected chi connectivity index (χ0v) is 21.4. The van der Waals surface area contributed by atoms with Crippen molar-refractivity contribution in [3.05, 3.63) is 35.9 Å². The molecule has 1 aromatic carbocycles. The molecule has 206 valence electrons. The first-order valence-electron chi connectivity index (χ1n) is 12.4. The molecule has 0 spiro atoms. The standard InChI is InChI=1S/C25H40N6O6/c1-15(2)12-17(27)22(33)30-20(14-21(28)32)24(35)31-19(13-16-8-4-3-5-9-16)23(34)29-18(25(36)37)10-6-7-11-26/h3-5,8-9,15,17-20H,6-7,10-14,26-27H2,1-2H3,(H2,28,32)(H,29,34)(H,30,33)(H,31,35)(H,36,37). The lowest BCUT2D eigenvalue weighted by Crippen LogP contribution is -2.58. The van der Waals surface area contributed by atoms with Crippen LogP contribution in [-0.4, -0.2) is 65.4 Å². The molecule has 0 aromatic heterocycles. The molecule has 4 unspecified atom stereocenters. The van der Waals surface area contributed by atoms with Crippen LogP contribution in [0.25, 0.3) is 0 Å². The van der Waals surface area contributed by atoms with Gasteiger partial charge in [0.25, 0.3) is 0 Å². The molecule has 0 aliphatic heterocycles. The van der Waals surface area contributed by atoms with Crippen molar-refractivity contribution in [2.75, 3.05) is 6.54 Å². The first kappa shape index (κ1) is 31.5. The molecule has 1 rings (SSSR count). The fourth-order valence-corrected chi connectivity index (χ4v) is 3.66. The maximum atomic E-state index is 13.1. The molecular formula is C25H40N6O6. The van der Waals surface area contributed by atoms with Crippen LogP contribution in [0.3, 0.4) is 0 Å². The Morgan fingerprint density at radius 2 is 1.43 bits per heavy atom. The van der Waals surface area contributed by atoms with Crippen molar-refractivity contribution in [1.82, 2.24) is 16.0 Å². The number of hydrogen-bond donors (Lipinski definition) is 7. The Morgan fingerprint density at radius 3 is 1.97 bits per heavy atom. The molecule has 10 N–H and O–H groups in total. The van der Waals surface area contributed by atoms with Crippen molar-refractivity contribution in [2.45, 2.75) is 76.5 Å². The molecule has 0 radical (unpaired) electrons. The van der Waals surface area contributed by atoms with Crippen LogP contribution in [0.2, 0.25) is 0 Å². The Bertz CT molecular complexity index is 910. The van der Waals surface area contributed by atoms with Crippen LogP contribution in [0.15, 0.2) is 30.3 Å². The smallest absolute Gasteiger partial charge is 0.326 e. The Balaban J connectivity index is 3.09. The highest BCUT2D eigenvalue weighted by molar-refractivity contribution is 5.96. The fraction of sp³-hybridized carbons (Fsp3) is 0.560. The van der Waals surface area contributed by atoms with E-state index in [4.69, 9.17) is 17.2 Å². The summed E-state index contributed by atoms with van der Waals surface area (Å²) in [4.78, 5) is 62.0. The summed E-state index contributed by atoms with van der Waals surface area (Å²) in [5, 5.41) is 17.0. The number of primary amides is 1. The van der Waals surface area contributed by atoms with Crippen LogP contribution >= 0.6 is 0 Å². The maximum Gasteiger partial charge on any atom is 0.326 e. The zero-order chi connectivity index (χ0) is 28.0. The van der Waals surface area contributed by atoms with E-state index in [9.17, 15) is 29.1 Å². The van der Waals surface area contributed by atoms with E-state index < -0.39 is 60.2 Å². The van der Waals surface area contributed by atoms with Gasteiger partial charge in [0, 0.05) is 6.42 Å². The number of rotatable bonds is 17. The van der Waals surface area contributed by atoms with Gasteiger partial charge in [0.1, 0.15) is 18.1 Å². The zero-order valence-electron chi connectivity index (χ0n) is 21.4. The summed E-state index contributed by atoms with van der Waals surface area (Å²) in [6, 6.07) is 4.15. The van der Waals surface area contributed by atoms with Crippen LogP contribution in [0, 0.1) is 5.92 Å². The van der Waals surface area contributed by atoms with Gasteiger partial charge in [-0.25, -0.2) is 4.79 Å². The highest BCUT2D eigenvalue weighted by atomic mass is 16.4. The number of nitrogens with one attached hydrogen (secondary N) is 3. The third-order valence-electron chi connectivity index (χ3n) is 5.58. The minimum atomic E-state index is -1.37. The van der Waals surface area contributed by atoms with Crippen LogP contribution in [0.1, 0.15) is 51.5 Å². The van der Waals surface area contributed by atoms with Gasteiger partial charge in [-0.3, -0.25) is 19.2 Å². The van der Waals surface area contributed by atoms with Crippen molar-refractivity contribution in [2.24, 2.45) is 23.1 Å². The lowest BCUT2D eigenvalue weighted by molar-refractivity contribution is -0.142. The number of benzene rings is 1. The number of amides is 4. The molecule has 0 heterocycles. The summed E-state index contributed by atoms with van der Waals surface area (Å²) in [5.41, 5.74) is 17.3. The molecule has 37 heavy (non-hydrogen) atoms. The van der Waals surface area contributed by atoms with Gasteiger partial charge < -0.3 is 38.3 Å². The maximum absolute atomic E-state index is 13.1. The average molecular weight is 521 g/mol. The molecule has 0 saturated carbocycles. The first-order valence-corrected chi connectivity index (χ1v) is 12.4. The van der Waals surface area contributed by atoms with E-state index in [-0.39, 0.29) is 18.8 Å². The molecule has 0 aliphatic carbocycles. The molecule has 0 bridgehead atoms. The number of hydrogen-bond acceptors (Lipinski definition) is 7. The minimum absolute atomic E-state index is 0.0393. The van der Waals surface area contributed by atoms with Crippen molar-refractivity contribution >= 4 is 29.6 Å². The number of carboxylic acids is 1. The van der Waals surface area contributed by atoms with E-state index >= 15 is 0 Å². The Morgan fingerprint density at radius 1 is 0.865 bits per heavy atom. The Kier molecular flexibility index (Phi) is 13.9. The summed E-state index contributed by atoms with van der Waals surface area (Å²) in [6.07, 6.45) is 1.14. The van der Waals surface area contributed by atoms with E-state index in [1.165, 1.54) is 0 Å². The van der Waals surface area contributed by atoms with Gasteiger partial charge in [-0.05, 0) is 43.7 Å². The largest absolute Gasteiger partial charge is 0.480 e. The van der Waals surface area contributed by atoms with E-state index in [0.29, 0.717) is 31.4 Å². The summed E-state index contributed by atoms with van der Waals surface area (Å²) in [5.74, 6) is -4.12. The predicted octanol–water partition coefficient (Wildman–Crippen LogP) is -0.854. The number of nitrogens with two attached hydrogens (primary N) is 3. The molecule has 0 aliphatic rings. The topological polar surface area (TPSA) is 220 Å². The van der Waals surface area contributed by atoms with Crippen molar-refractivity contribution in [1.29, 1.82) is 0 Å². The summed E-state index contributed by atoms with van der Waals surface area (Å²) < 4.78 is 0. The lowest BCUT2D eigenvalue weighted by Gasteiger charge is -2.25. The lowest BCUT2D eigenvalue weighted by atomic mass is 10.0. The molecule has 1 aromatic rings.